The third kappa shape index (κ3) is 10.4. The number of aldehydes is 1. The number of rotatable bonds is 14. The fraction of sp³-hybridized carbons (Fsp3) is 0.256. The van der Waals surface area contributed by atoms with E-state index in [4.69, 9.17) is 25.8 Å². The predicted molar refractivity (Wildman–Crippen MR) is 204 cm³/mol. The van der Waals surface area contributed by atoms with Crippen molar-refractivity contribution in [3.63, 3.8) is 0 Å². The Morgan fingerprint density at radius 3 is 2.11 bits per heavy atom. The van der Waals surface area contributed by atoms with Crippen molar-refractivity contribution in [3.8, 4) is 23.1 Å². The van der Waals surface area contributed by atoms with Gasteiger partial charge in [-0.05, 0) is 84.1 Å². The van der Waals surface area contributed by atoms with E-state index in [9.17, 15) is 18.0 Å². The maximum atomic E-state index is 12.8. The minimum atomic E-state index is -4.39. The van der Waals surface area contributed by atoms with Gasteiger partial charge in [0.05, 0.1) is 23.4 Å². The monoisotopic (exact) mass is 755 g/mol. The van der Waals surface area contributed by atoms with Gasteiger partial charge in [0.25, 0.3) is 0 Å². The zero-order valence-corrected chi connectivity index (χ0v) is 30.9. The van der Waals surface area contributed by atoms with Crippen LogP contribution in [0.4, 0.5) is 13.2 Å². The first-order valence-electron chi connectivity index (χ1n) is 17.7. The van der Waals surface area contributed by atoms with Crippen LogP contribution in [-0.4, -0.2) is 53.9 Å². The van der Waals surface area contributed by atoms with E-state index >= 15 is 0 Å². The quantitative estimate of drug-likeness (QED) is 0.0826. The summed E-state index contributed by atoms with van der Waals surface area (Å²) in [6.45, 7) is 8.68. The Balaban J connectivity index is 0.994. The Labute approximate surface area is 318 Å². The Morgan fingerprint density at radius 1 is 0.815 bits per heavy atom. The minimum absolute atomic E-state index is 0.0818. The number of alkyl halides is 3. The van der Waals surface area contributed by atoms with Gasteiger partial charge in [-0.3, -0.25) is 9.69 Å². The van der Waals surface area contributed by atoms with Gasteiger partial charge in [0.2, 0.25) is 5.88 Å². The number of nitrogens with zero attached hydrogens (tertiary/aromatic N) is 3. The molecule has 1 aliphatic heterocycles. The average Bonchev–Trinajstić information content (AvgIpc) is 3.16. The van der Waals surface area contributed by atoms with Crippen molar-refractivity contribution < 1.29 is 32.2 Å². The first-order chi connectivity index (χ1) is 26.0. The lowest BCUT2D eigenvalue weighted by molar-refractivity contribution is -0.137. The van der Waals surface area contributed by atoms with Crippen LogP contribution in [0.25, 0.3) is 5.70 Å². The molecule has 0 N–H and O–H groups in total. The van der Waals surface area contributed by atoms with E-state index < -0.39 is 11.7 Å². The maximum absolute atomic E-state index is 12.8. The van der Waals surface area contributed by atoms with Gasteiger partial charge in [0.15, 0.2) is 5.75 Å². The molecule has 1 saturated heterocycles. The smallest absolute Gasteiger partial charge is 0.416 e. The standard InChI is InChI=1S/C43H41ClF3N3O4/c1-30-3-13-37(14-4-30)52-24-18-32-5-7-33(8-6-32)28-49-19-21-50(22-20-49)40(17-23-51)35-25-31(2)42(39(44)26-35)54-41-16-15-38(27-48-41)53-29-34-9-11-36(12-10-34)43(45,46)47/h3-17,23,25-27H,18-22,24,28-29H2,1-2H3/b40-17+. The minimum Gasteiger partial charge on any atom is -0.493 e. The van der Waals surface area contributed by atoms with Gasteiger partial charge in [0.1, 0.15) is 24.4 Å². The molecule has 7 nitrogen and oxygen atoms in total. The molecule has 0 radical (unpaired) electrons. The molecule has 0 atom stereocenters. The number of hydrogen-bond acceptors (Lipinski definition) is 7. The Bertz CT molecular complexity index is 2010. The molecule has 0 unspecified atom stereocenters. The zero-order valence-electron chi connectivity index (χ0n) is 30.1. The number of carbonyl (C=O) groups excluding carboxylic acids is 1. The van der Waals surface area contributed by atoms with Crippen molar-refractivity contribution in [2.45, 2.75) is 39.6 Å². The van der Waals surface area contributed by atoms with Crippen LogP contribution in [0.2, 0.25) is 5.02 Å². The number of ether oxygens (including phenoxy) is 3. The topological polar surface area (TPSA) is 64.1 Å². The van der Waals surface area contributed by atoms with Gasteiger partial charge in [-0.1, -0.05) is 65.7 Å². The number of pyridine rings is 1. The highest BCUT2D eigenvalue weighted by molar-refractivity contribution is 6.32. The van der Waals surface area contributed by atoms with Gasteiger partial charge < -0.3 is 19.1 Å². The van der Waals surface area contributed by atoms with Crippen LogP contribution in [-0.2, 0) is 30.5 Å². The third-order valence-corrected chi connectivity index (χ3v) is 9.46. The molecule has 5 aromatic rings. The maximum Gasteiger partial charge on any atom is 0.416 e. The molecule has 54 heavy (non-hydrogen) atoms. The second-order valence-electron chi connectivity index (χ2n) is 13.2. The Hall–Kier alpha value is -5.32. The molecule has 11 heteroatoms. The number of allylic oxidation sites excluding steroid dienone is 1. The van der Waals surface area contributed by atoms with Crippen LogP contribution < -0.4 is 14.2 Å². The molecule has 0 spiro atoms. The molecule has 280 valence electrons. The van der Waals surface area contributed by atoms with Crippen LogP contribution in [0.1, 0.15) is 38.9 Å². The lowest BCUT2D eigenvalue weighted by Gasteiger charge is -2.37. The van der Waals surface area contributed by atoms with Gasteiger partial charge in [0, 0.05) is 57.0 Å². The van der Waals surface area contributed by atoms with E-state index in [-0.39, 0.29) is 12.5 Å². The summed E-state index contributed by atoms with van der Waals surface area (Å²) in [6.07, 6.45) is 0.302. The van der Waals surface area contributed by atoms with E-state index in [1.54, 1.807) is 24.3 Å². The highest BCUT2D eigenvalue weighted by Gasteiger charge is 2.30. The molecule has 2 heterocycles. The molecule has 0 aliphatic carbocycles. The average molecular weight is 756 g/mol. The van der Waals surface area contributed by atoms with Crippen LogP contribution in [0.5, 0.6) is 23.1 Å². The molecule has 0 saturated carbocycles. The van der Waals surface area contributed by atoms with Crippen molar-refractivity contribution in [3.05, 3.63) is 153 Å². The molecule has 1 aliphatic rings. The summed E-state index contributed by atoms with van der Waals surface area (Å²) < 4.78 is 56.1. The number of piperazine rings is 1. The summed E-state index contributed by atoms with van der Waals surface area (Å²) in [6, 6.07) is 28.6. The van der Waals surface area contributed by atoms with Crippen LogP contribution >= 0.6 is 11.6 Å². The number of hydrogen-bond donors (Lipinski definition) is 0. The molecule has 1 aromatic heterocycles. The van der Waals surface area contributed by atoms with E-state index in [1.807, 2.05) is 25.1 Å². The van der Waals surface area contributed by atoms with E-state index in [2.05, 4.69) is 58.1 Å². The third-order valence-electron chi connectivity index (χ3n) is 9.18. The normalized spacial score (nSPS) is 13.8. The molecule has 6 rings (SSSR count). The summed E-state index contributed by atoms with van der Waals surface area (Å²) >= 11 is 6.74. The fourth-order valence-electron chi connectivity index (χ4n) is 6.17. The molecule has 1 fully saturated rings. The van der Waals surface area contributed by atoms with E-state index in [0.717, 1.165) is 80.1 Å². The van der Waals surface area contributed by atoms with Gasteiger partial charge in [-0.2, -0.15) is 13.2 Å². The lowest BCUT2D eigenvalue weighted by atomic mass is 10.1. The SMILES string of the molecule is Cc1ccc(OCCc2ccc(CN3CCN(/C(=C/C=O)c4cc(C)c(Oc5ccc(OCc6ccc(C(F)(F)F)cc6)cn5)c(Cl)c4)CC3)cc2)cc1. The van der Waals surface area contributed by atoms with Gasteiger partial charge in [-0.15, -0.1) is 0 Å². The van der Waals surface area contributed by atoms with E-state index in [1.165, 1.54) is 35.0 Å². The van der Waals surface area contributed by atoms with Gasteiger partial charge >= 0.3 is 6.18 Å². The van der Waals surface area contributed by atoms with Crippen LogP contribution in [0.15, 0.2) is 109 Å². The number of benzene rings is 4. The van der Waals surface area contributed by atoms with Gasteiger partial charge in [-0.25, -0.2) is 4.98 Å². The molecule has 0 bridgehead atoms. The van der Waals surface area contributed by atoms with Crippen molar-refractivity contribution in [2.24, 2.45) is 0 Å². The summed E-state index contributed by atoms with van der Waals surface area (Å²) in [5, 5.41) is 0.370. The fourth-order valence-corrected chi connectivity index (χ4v) is 6.47. The number of aryl methyl sites for hydroxylation is 2. The molecule has 4 aromatic carbocycles. The van der Waals surface area contributed by atoms with E-state index in [0.29, 0.717) is 28.7 Å². The lowest BCUT2D eigenvalue weighted by Crippen LogP contribution is -2.45. The summed E-state index contributed by atoms with van der Waals surface area (Å²) in [7, 11) is 0. The summed E-state index contributed by atoms with van der Waals surface area (Å²) in [4.78, 5) is 20.7. The Morgan fingerprint density at radius 2 is 1.48 bits per heavy atom. The highest BCUT2D eigenvalue weighted by Crippen LogP contribution is 2.36. The Kier molecular flexibility index (Phi) is 12.6. The summed E-state index contributed by atoms with van der Waals surface area (Å²) in [5.74, 6) is 2.04. The molecular formula is C43H41ClF3N3O4. The zero-order chi connectivity index (χ0) is 38.1. The van der Waals surface area contributed by atoms with Crippen LogP contribution in [0, 0.1) is 13.8 Å². The van der Waals surface area contributed by atoms with Crippen molar-refractivity contribution in [1.29, 1.82) is 0 Å². The molecular weight excluding hydrogens is 715 g/mol. The number of halogens is 4. The second-order valence-corrected chi connectivity index (χ2v) is 13.6. The van der Waals surface area contributed by atoms with Crippen LogP contribution in [0.3, 0.4) is 0 Å². The van der Waals surface area contributed by atoms with Crippen molar-refractivity contribution >= 4 is 23.6 Å². The second kappa shape index (κ2) is 17.7. The number of carbonyl (C=O) groups is 1. The molecule has 0 amide bonds. The predicted octanol–water partition coefficient (Wildman–Crippen LogP) is 9.72. The van der Waals surface area contributed by atoms with Crippen molar-refractivity contribution in [2.75, 3.05) is 32.8 Å². The largest absolute Gasteiger partial charge is 0.493 e. The summed E-state index contributed by atoms with van der Waals surface area (Å²) in [5.41, 5.74) is 5.96. The highest BCUT2D eigenvalue weighted by atomic mass is 35.5. The van der Waals surface area contributed by atoms with Crippen molar-refractivity contribution in [1.82, 2.24) is 14.8 Å². The number of aromatic nitrogens is 1. The first-order valence-corrected chi connectivity index (χ1v) is 18.1. The first kappa shape index (κ1) is 38.4.